The van der Waals surface area contributed by atoms with E-state index in [2.05, 4.69) is 9.88 Å². The molecule has 4 heterocycles. The lowest BCUT2D eigenvalue weighted by Gasteiger charge is -2.37. The van der Waals surface area contributed by atoms with E-state index in [1.54, 1.807) is 16.8 Å². The minimum Gasteiger partial charge on any atom is -0.477 e. The Morgan fingerprint density at radius 1 is 1.10 bits per heavy atom. The molecule has 1 amide bonds. The molecule has 2 aliphatic heterocycles. The summed E-state index contributed by atoms with van der Waals surface area (Å²) < 4.78 is 22.5. The van der Waals surface area contributed by atoms with E-state index in [1.165, 1.54) is 24.1 Å². The third kappa shape index (κ3) is 5.21. The fourth-order valence-corrected chi connectivity index (χ4v) is 5.56. The third-order valence-electron chi connectivity index (χ3n) is 7.95. The number of rotatable bonds is 8. The lowest BCUT2D eigenvalue weighted by atomic mass is 10.1. The molecule has 0 bridgehead atoms. The molecule has 12 heteroatoms. The maximum absolute atomic E-state index is 15.3. The average Bonchev–Trinajstić information content (AvgIpc) is 3.73. The zero-order valence-electron chi connectivity index (χ0n) is 22.6. The van der Waals surface area contributed by atoms with Gasteiger partial charge in [-0.25, -0.2) is 19.0 Å². The van der Waals surface area contributed by atoms with Crippen molar-refractivity contribution in [2.45, 2.75) is 44.8 Å². The number of ketones is 1. The topological polar surface area (TPSA) is 125 Å². The second kappa shape index (κ2) is 10.5. The summed E-state index contributed by atoms with van der Waals surface area (Å²) in [6.45, 7) is 4.08. The first-order valence-corrected chi connectivity index (χ1v) is 13.7. The number of aromatic carboxylic acids is 1. The molecule has 1 N–H and O–H groups in total. The van der Waals surface area contributed by atoms with E-state index in [-0.39, 0.29) is 28.9 Å². The van der Waals surface area contributed by atoms with Crippen LogP contribution in [0.25, 0.3) is 10.9 Å². The number of cyclic esters (lactones) is 1. The molecule has 2 aromatic heterocycles. The number of amides is 1. The Hall–Kier alpha value is -4.48. The zero-order chi connectivity index (χ0) is 28.8. The van der Waals surface area contributed by atoms with Crippen molar-refractivity contribution in [3.8, 4) is 0 Å². The van der Waals surface area contributed by atoms with Crippen LogP contribution in [0.15, 0.2) is 41.5 Å². The van der Waals surface area contributed by atoms with Crippen LogP contribution in [0.4, 0.5) is 26.4 Å². The quantitative estimate of drug-likeness (QED) is 0.438. The summed E-state index contributed by atoms with van der Waals surface area (Å²) in [6.07, 6.45) is 4.85. The van der Waals surface area contributed by atoms with Gasteiger partial charge in [-0.1, -0.05) is 0 Å². The van der Waals surface area contributed by atoms with Crippen LogP contribution in [0, 0.1) is 5.82 Å². The van der Waals surface area contributed by atoms with Crippen molar-refractivity contribution >= 4 is 45.9 Å². The molecule has 1 aliphatic carbocycles. The molecule has 1 saturated carbocycles. The highest BCUT2D eigenvalue weighted by Gasteiger charge is 2.33. The van der Waals surface area contributed by atoms with E-state index >= 15 is 4.39 Å². The summed E-state index contributed by atoms with van der Waals surface area (Å²) in [7, 11) is 0. The highest BCUT2D eigenvalue weighted by molar-refractivity contribution is 5.94. The lowest BCUT2D eigenvalue weighted by molar-refractivity contribution is -0.117. The summed E-state index contributed by atoms with van der Waals surface area (Å²) in [5.41, 5.74) is 0.515. The summed E-state index contributed by atoms with van der Waals surface area (Å²) >= 11 is 0. The highest BCUT2D eigenvalue weighted by Crippen LogP contribution is 2.38. The molecule has 0 radical (unpaired) electrons. The van der Waals surface area contributed by atoms with E-state index < -0.39 is 23.3 Å². The molecule has 0 unspecified atom stereocenters. The molecule has 214 valence electrons. The van der Waals surface area contributed by atoms with Gasteiger partial charge in [0.1, 0.15) is 29.1 Å². The molecule has 3 aromatic rings. The number of ether oxygens (including phenoxy) is 1. The van der Waals surface area contributed by atoms with E-state index in [4.69, 9.17) is 4.74 Å². The number of hydrogen-bond donors (Lipinski definition) is 1. The van der Waals surface area contributed by atoms with Crippen molar-refractivity contribution in [1.29, 1.82) is 0 Å². The fourth-order valence-electron chi connectivity index (χ4n) is 5.56. The number of pyridine rings is 2. The first-order valence-electron chi connectivity index (χ1n) is 13.7. The van der Waals surface area contributed by atoms with E-state index in [1.807, 2.05) is 17.0 Å². The van der Waals surface area contributed by atoms with Gasteiger partial charge >= 0.3 is 12.1 Å². The van der Waals surface area contributed by atoms with Gasteiger partial charge in [-0.3, -0.25) is 9.69 Å². The van der Waals surface area contributed by atoms with Crippen molar-refractivity contribution in [2.75, 3.05) is 47.4 Å². The minimum absolute atomic E-state index is 0.0572. The van der Waals surface area contributed by atoms with Crippen molar-refractivity contribution < 1.29 is 28.6 Å². The molecule has 1 atom stereocenters. The normalized spacial score (nSPS) is 19.1. The average molecular weight is 564 g/mol. The van der Waals surface area contributed by atoms with Gasteiger partial charge in [0.15, 0.2) is 0 Å². The number of anilines is 3. The molecular formula is C29H30FN5O6. The maximum Gasteiger partial charge on any atom is 0.414 e. The Morgan fingerprint density at radius 3 is 2.46 bits per heavy atom. The molecule has 2 saturated heterocycles. The number of benzene rings is 1. The number of halogens is 1. The van der Waals surface area contributed by atoms with Crippen LogP contribution < -0.4 is 20.1 Å². The first kappa shape index (κ1) is 26.7. The largest absolute Gasteiger partial charge is 0.477 e. The molecule has 0 spiro atoms. The summed E-state index contributed by atoms with van der Waals surface area (Å²) in [5, 5.41) is 9.55. The second-order valence-electron chi connectivity index (χ2n) is 10.8. The van der Waals surface area contributed by atoms with Gasteiger partial charge in [-0.05, 0) is 50.5 Å². The number of hydrogen-bond acceptors (Lipinski definition) is 8. The van der Waals surface area contributed by atoms with Crippen molar-refractivity contribution in [3.63, 3.8) is 0 Å². The van der Waals surface area contributed by atoms with Crippen molar-refractivity contribution in [2.24, 2.45) is 0 Å². The number of aromatic nitrogens is 2. The van der Waals surface area contributed by atoms with Gasteiger partial charge in [-0.2, -0.15) is 0 Å². The van der Waals surface area contributed by atoms with Crippen LogP contribution in [0.1, 0.15) is 49.0 Å². The van der Waals surface area contributed by atoms with Crippen LogP contribution in [0.3, 0.4) is 0 Å². The van der Waals surface area contributed by atoms with E-state index in [9.17, 15) is 24.3 Å². The minimum atomic E-state index is -1.32. The maximum atomic E-state index is 15.3. The number of carboxylic acids is 1. The SMILES string of the molecule is CC(=O)CC[C@H]1CN(c2ccc(N3CCN(c4cc5c(cc4F)c(=O)c(C(=O)O)cn5C4CC4)CC3)nc2)C(=O)O1. The summed E-state index contributed by atoms with van der Waals surface area (Å²) in [5.74, 6) is -1.09. The fraction of sp³-hybridized carbons (Fsp3) is 0.414. The van der Waals surface area contributed by atoms with Gasteiger partial charge in [-0.15, -0.1) is 0 Å². The van der Waals surface area contributed by atoms with Gasteiger partial charge in [0, 0.05) is 50.2 Å². The van der Waals surface area contributed by atoms with E-state index in [0.29, 0.717) is 62.5 Å². The summed E-state index contributed by atoms with van der Waals surface area (Å²) in [4.78, 5) is 58.0. The zero-order valence-corrected chi connectivity index (χ0v) is 22.6. The van der Waals surface area contributed by atoms with Gasteiger partial charge in [0.25, 0.3) is 0 Å². The number of carbonyl (C=O) groups is 3. The predicted octanol–water partition coefficient (Wildman–Crippen LogP) is 3.59. The number of Topliss-reactive ketones (excluding diaryl/α,β-unsaturated/α-hetero) is 1. The summed E-state index contributed by atoms with van der Waals surface area (Å²) in [6, 6.07) is 6.59. The van der Waals surface area contributed by atoms with Crippen LogP contribution in [0.5, 0.6) is 0 Å². The van der Waals surface area contributed by atoms with Crippen LogP contribution >= 0.6 is 0 Å². The van der Waals surface area contributed by atoms with Crippen LogP contribution in [-0.4, -0.2) is 71.3 Å². The number of carbonyl (C=O) groups excluding carboxylic acids is 2. The van der Waals surface area contributed by atoms with Gasteiger partial charge < -0.3 is 29.0 Å². The predicted molar refractivity (Wildman–Crippen MR) is 150 cm³/mol. The third-order valence-corrected chi connectivity index (χ3v) is 7.95. The van der Waals surface area contributed by atoms with Crippen LogP contribution in [0.2, 0.25) is 0 Å². The molecule has 11 nitrogen and oxygen atoms in total. The number of nitrogens with zero attached hydrogens (tertiary/aromatic N) is 5. The number of fused-ring (bicyclic) bond motifs is 1. The molecule has 41 heavy (non-hydrogen) atoms. The molecule has 6 rings (SSSR count). The second-order valence-corrected chi connectivity index (χ2v) is 10.8. The number of piperazine rings is 1. The standard InChI is InChI=1S/C29H30FN5O6/c1-17(36)2-6-20-15-35(29(40)41-20)19-5-7-26(31-14-19)33-10-8-32(9-11-33)25-13-24-21(12-23(25)30)27(37)22(28(38)39)16-34(24)18-3-4-18/h5,7,12-14,16,18,20H,2-4,6,8-11,15H2,1H3,(H,38,39)/t20-/m0/s1. The molecule has 1 aromatic carbocycles. The molecule has 3 aliphatic rings. The molecular weight excluding hydrogens is 533 g/mol. The van der Waals surface area contributed by atoms with Crippen molar-refractivity contribution in [3.05, 3.63) is 58.3 Å². The Balaban J connectivity index is 1.15. The van der Waals surface area contributed by atoms with Gasteiger partial charge in [0.2, 0.25) is 5.43 Å². The number of carboxylic acid groups (broad SMARTS) is 1. The monoisotopic (exact) mass is 563 g/mol. The first-order chi connectivity index (χ1) is 19.7. The Bertz CT molecular complexity index is 1590. The smallest absolute Gasteiger partial charge is 0.414 e. The lowest BCUT2D eigenvalue weighted by Crippen LogP contribution is -2.47. The Morgan fingerprint density at radius 2 is 1.83 bits per heavy atom. The van der Waals surface area contributed by atoms with Crippen molar-refractivity contribution in [1.82, 2.24) is 9.55 Å². The van der Waals surface area contributed by atoms with Crippen LogP contribution in [-0.2, 0) is 9.53 Å². The van der Waals surface area contributed by atoms with E-state index in [0.717, 1.165) is 18.7 Å². The Kier molecular flexibility index (Phi) is 6.84. The van der Waals surface area contributed by atoms with Gasteiger partial charge in [0.05, 0.1) is 29.6 Å². The molecule has 3 fully saturated rings. The Labute approximate surface area is 234 Å². The highest BCUT2D eigenvalue weighted by atomic mass is 19.1.